The zero-order chi connectivity index (χ0) is 11.0. The normalized spacial score (nSPS) is 9.56. The molecule has 0 atom stereocenters. The summed E-state index contributed by atoms with van der Waals surface area (Å²) in [6.07, 6.45) is 0. The highest BCUT2D eigenvalue weighted by molar-refractivity contribution is 5.85. The number of nitrogens with zero attached hydrogens (tertiary/aromatic N) is 1. The van der Waals surface area contributed by atoms with Crippen molar-refractivity contribution in [2.75, 3.05) is 5.73 Å². The number of nitrogens with one attached hydrogen (secondary N) is 1. The first-order valence-electron chi connectivity index (χ1n) is 5.13. The van der Waals surface area contributed by atoms with Crippen LogP contribution in [0.2, 0.25) is 0 Å². The molecule has 0 bridgehead atoms. The number of halogens is 2. The Kier molecular flexibility index (Phi) is 4.59. The zero-order valence-electron chi connectivity index (χ0n) is 9.46. The summed E-state index contributed by atoms with van der Waals surface area (Å²) in [5.41, 5.74) is 9.52. The Morgan fingerprint density at radius 1 is 0.944 bits per heavy atom. The minimum absolute atomic E-state index is 0. The third-order valence-electron chi connectivity index (χ3n) is 2.55. The zero-order valence-corrected chi connectivity index (χ0v) is 11.1. The molecule has 0 unspecified atom stereocenters. The fourth-order valence-electron chi connectivity index (χ4n) is 1.78. The molecule has 1 aromatic heterocycles. The van der Waals surface area contributed by atoms with Gasteiger partial charge in [0, 0.05) is 11.3 Å². The van der Waals surface area contributed by atoms with Crippen LogP contribution in [0.1, 0.15) is 0 Å². The first-order valence-corrected chi connectivity index (χ1v) is 5.13. The fraction of sp³-hybridized carbons (Fsp3) is 0. The first-order chi connectivity index (χ1) is 7.83. The summed E-state index contributed by atoms with van der Waals surface area (Å²) in [6.45, 7) is 0. The van der Waals surface area contributed by atoms with Crippen molar-refractivity contribution in [3.05, 3.63) is 48.5 Å². The van der Waals surface area contributed by atoms with E-state index in [4.69, 9.17) is 5.73 Å². The van der Waals surface area contributed by atoms with Crippen LogP contribution in [0.5, 0.6) is 0 Å². The van der Waals surface area contributed by atoms with Crippen molar-refractivity contribution in [3.8, 4) is 11.4 Å². The number of hydrogen-bond donors (Lipinski definition) is 2. The second kappa shape index (κ2) is 5.76. The molecule has 3 rings (SSSR count). The highest BCUT2D eigenvalue weighted by Crippen LogP contribution is 2.21. The van der Waals surface area contributed by atoms with Crippen LogP contribution in [0.25, 0.3) is 22.4 Å². The predicted octanol–water partition coefficient (Wildman–Crippen LogP) is 3.66. The minimum atomic E-state index is 0. The Morgan fingerprint density at radius 2 is 1.72 bits per heavy atom. The molecule has 18 heavy (non-hydrogen) atoms. The molecule has 3 aromatic rings. The van der Waals surface area contributed by atoms with Gasteiger partial charge in [0.05, 0.1) is 11.0 Å². The van der Waals surface area contributed by atoms with Crippen molar-refractivity contribution in [2.24, 2.45) is 0 Å². The number of nitrogen functional groups attached to an aromatic ring is 1. The van der Waals surface area contributed by atoms with Crippen LogP contribution in [0.4, 0.5) is 5.69 Å². The van der Waals surface area contributed by atoms with Gasteiger partial charge in [-0.3, -0.25) is 0 Å². The van der Waals surface area contributed by atoms with Crippen molar-refractivity contribution in [1.82, 2.24) is 9.97 Å². The molecule has 0 spiro atoms. The van der Waals surface area contributed by atoms with Crippen LogP contribution in [-0.2, 0) is 0 Å². The summed E-state index contributed by atoms with van der Waals surface area (Å²) in [5.74, 6) is 0.855. The lowest BCUT2D eigenvalue weighted by atomic mass is 10.2. The van der Waals surface area contributed by atoms with Crippen LogP contribution in [0.3, 0.4) is 0 Å². The summed E-state index contributed by atoms with van der Waals surface area (Å²) < 4.78 is 0. The van der Waals surface area contributed by atoms with Gasteiger partial charge >= 0.3 is 0 Å². The van der Waals surface area contributed by atoms with E-state index < -0.39 is 0 Å². The fourth-order valence-corrected chi connectivity index (χ4v) is 1.78. The second-order valence-electron chi connectivity index (χ2n) is 3.73. The Balaban J connectivity index is 0.000000810. The van der Waals surface area contributed by atoms with Crippen LogP contribution in [-0.4, -0.2) is 9.97 Å². The molecule has 0 aliphatic heterocycles. The first kappa shape index (κ1) is 14.4. The van der Waals surface area contributed by atoms with E-state index in [-0.39, 0.29) is 24.8 Å². The minimum Gasteiger partial charge on any atom is -0.399 e. The average molecular weight is 282 g/mol. The number of fused-ring (bicyclic) bond motifs is 1. The largest absolute Gasteiger partial charge is 0.399 e. The molecule has 0 saturated heterocycles. The lowest BCUT2D eigenvalue weighted by Gasteiger charge is -1.97. The van der Waals surface area contributed by atoms with Crippen LogP contribution >= 0.6 is 24.8 Å². The van der Waals surface area contributed by atoms with Gasteiger partial charge < -0.3 is 10.7 Å². The number of aromatic nitrogens is 2. The van der Waals surface area contributed by atoms with E-state index in [1.54, 1.807) is 0 Å². The summed E-state index contributed by atoms with van der Waals surface area (Å²) in [5, 5.41) is 0. The van der Waals surface area contributed by atoms with E-state index in [0.29, 0.717) is 0 Å². The molecule has 0 radical (unpaired) electrons. The van der Waals surface area contributed by atoms with Gasteiger partial charge in [-0.2, -0.15) is 0 Å². The molecule has 3 N–H and O–H groups in total. The molecule has 0 amide bonds. The number of imidazole rings is 1. The molecule has 3 nitrogen and oxygen atoms in total. The maximum absolute atomic E-state index is 5.75. The quantitative estimate of drug-likeness (QED) is 0.669. The highest BCUT2D eigenvalue weighted by atomic mass is 35.5. The van der Waals surface area contributed by atoms with Crippen molar-refractivity contribution in [3.63, 3.8) is 0 Å². The molecular weight excluding hydrogens is 269 g/mol. The summed E-state index contributed by atoms with van der Waals surface area (Å²) >= 11 is 0. The summed E-state index contributed by atoms with van der Waals surface area (Å²) in [7, 11) is 0. The van der Waals surface area contributed by atoms with E-state index in [9.17, 15) is 0 Å². The molecule has 0 fully saturated rings. The van der Waals surface area contributed by atoms with Crippen molar-refractivity contribution in [1.29, 1.82) is 0 Å². The SMILES string of the molecule is Cl.Cl.Nc1cccc(-c2nc3ccccc3[nH]2)c1. The standard InChI is InChI=1S/C13H11N3.2ClH/c14-10-5-3-4-9(8-10)13-15-11-6-1-2-7-12(11)16-13;;/h1-8H,14H2,(H,15,16);2*1H. The number of hydrogen-bond acceptors (Lipinski definition) is 2. The Hall–Kier alpha value is -1.71. The smallest absolute Gasteiger partial charge is 0.138 e. The van der Waals surface area contributed by atoms with Gasteiger partial charge in [0.15, 0.2) is 0 Å². The Bertz CT molecular complexity index is 616. The second-order valence-corrected chi connectivity index (χ2v) is 3.73. The molecular formula is C13H13Cl2N3. The van der Waals surface area contributed by atoms with Gasteiger partial charge in [0.2, 0.25) is 0 Å². The van der Waals surface area contributed by atoms with Gasteiger partial charge in [-0.05, 0) is 24.3 Å². The molecule has 0 saturated carbocycles. The molecule has 0 aliphatic rings. The molecule has 2 aromatic carbocycles. The van der Waals surface area contributed by atoms with E-state index in [1.807, 2.05) is 48.5 Å². The number of nitrogens with two attached hydrogens (primary N) is 1. The monoisotopic (exact) mass is 281 g/mol. The number of para-hydroxylation sites is 2. The average Bonchev–Trinajstić information content (AvgIpc) is 2.72. The van der Waals surface area contributed by atoms with Crippen molar-refractivity contribution >= 4 is 41.5 Å². The van der Waals surface area contributed by atoms with Gasteiger partial charge in [-0.25, -0.2) is 4.98 Å². The van der Waals surface area contributed by atoms with Crippen molar-refractivity contribution in [2.45, 2.75) is 0 Å². The molecule has 1 heterocycles. The number of rotatable bonds is 1. The van der Waals surface area contributed by atoms with E-state index in [2.05, 4.69) is 9.97 Å². The summed E-state index contributed by atoms with van der Waals surface area (Å²) in [6, 6.07) is 15.7. The number of H-pyrrole nitrogens is 1. The number of anilines is 1. The predicted molar refractivity (Wildman–Crippen MR) is 80.4 cm³/mol. The maximum atomic E-state index is 5.75. The third kappa shape index (κ3) is 2.58. The molecule has 5 heteroatoms. The molecule has 0 aliphatic carbocycles. The summed E-state index contributed by atoms with van der Waals surface area (Å²) in [4.78, 5) is 7.79. The van der Waals surface area contributed by atoms with E-state index in [0.717, 1.165) is 28.1 Å². The lowest BCUT2D eigenvalue weighted by Crippen LogP contribution is -1.86. The van der Waals surface area contributed by atoms with Crippen molar-refractivity contribution < 1.29 is 0 Å². The van der Waals surface area contributed by atoms with E-state index in [1.165, 1.54) is 0 Å². The van der Waals surface area contributed by atoms with Gasteiger partial charge in [-0.1, -0.05) is 24.3 Å². The van der Waals surface area contributed by atoms with Crippen LogP contribution in [0, 0.1) is 0 Å². The Labute approximate surface area is 117 Å². The molecule has 94 valence electrons. The van der Waals surface area contributed by atoms with E-state index >= 15 is 0 Å². The maximum Gasteiger partial charge on any atom is 0.138 e. The Morgan fingerprint density at radius 3 is 2.44 bits per heavy atom. The highest BCUT2D eigenvalue weighted by Gasteiger charge is 2.04. The van der Waals surface area contributed by atoms with Gasteiger partial charge in [-0.15, -0.1) is 24.8 Å². The van der Waals surface area contributed by atoms with Crippen LogP contribution < -0.4 is 5.73 Å². The lowest BCUT2D eigenvalue weighted by molar-refractivity contribution is 1.34. The number of benzene rings is 2. The van der Waals surface area contributed by atoms with Gasteiger partial charge in [0.1, 0.15) is 5.82 Å². The van der Waals surface area contributed by atoms with Crippen LogP contribution in [0.15, 0.2) is 48.5 Å². The topological polar surface area (TPSA) is 54.7 Å². The number of aromatic amines is 1. The van der Waals surface area contributed by atoms with Gasteiger partial charge in [0.25, 0.3) is 0 Å². The third-order valence-corrected chi connectivity index (χ3v) is 2.55.